The number of hydrogen-bond acceptors (Lipinski definition) is 3. The second kappa shape index (κ2) is 5.00. The van der Waals surface area contributed by atoms with Crippen LogP contribution in [0.3, 0.4) is 0 Å². The molecule has 1 aliphatic rings. The summed E-state index contributed by atoms with van der Waals surface area (Å²) in [5.41, 5.74) is 0.0825. The molecule has 1 rings (SSSR count). The van der Waals surface area contributed by atoms with Crippen LogP contribution in [0.1, 0.15) is 34.1 Å². The van der Waals surface area contributed by atoms with Crippen molar-refractivity contribution < 1.29 is 9.53 Å². The summed E-state index contributed by atoms with van der Waals surface area (Å²) in [6.07, 6.45) is 4.16. The number of rotatable bonds is 2. The fourth-order valence-corrected chi connectivity index (χ4v) is 2.15. The van der Waals surface area contributed by atoms with Gasteiger partial charge in [0.15, 0.2) is 0 Å². The maximum absolute atomic E-state index is 11.4. The maximum atomic E-state index is 11.4. The molecule has 2 atom stereocenters. The molecule has 92 valence electrons. The Morgan fingerprint density at radius 2 is 2.12 bits per heavy atom. The molecule has 0 amide bonds. The van der Waals surface area contributed by atoms with E-state index in [9.17, 15) is 4.79 Å². The third-order valence-electron chi connectivity index (χ3n) is 3.98. The van der Waals surface area contributed by atoms with E-state index < -0.39 is 0 Å². The first-order valence-corrected chi connectivity index (χ1v) is 5.94. The molecule has 16 heavy (non-hydrogen) atoms. The minimum Gasteiger partial charge on any atom is -0.459 e. The van der Waals surface area contributed by atoms with E-state index in [4.69, 9.17) is 4.74 Å². The molecule has 1 heterocycles. The molecule has 3 nitrogen and oxygen atoms in total. The molecule has 0 aromatic rings. The predicted molar refractivity (Wildman–Crippen MR) is 65.2 cm³/mol. The molecular formula is C13H23NO2. The molecule has 0 aromatic heterocycles. The molecular weight excluding hydrogens is 202 g/mol. The van der Waals surface area contributed by atoms with E-state index in [1.807, 2.05) is 6.92 Å². The molecule has 0 spiro atoms. The second-order valence-electron chi connectivity index (χ2n) is 5.13. The van der Waals surface area contributed by atoms with Crippen LogP contribution in [-0.2, 0) is 9.53 Å². The van der Waals surface area contributed by atoms with E-state index in [2.05, 4.69) is 32.7 Å². The van der Waals surface area contributed by atoms with Gasteiger partial charge in [0.1, 0.15) is 6.10 Å². The Morgan fingerprint density at radius 3 is 2.69 bits per heavy atom. The smallest absolute Gasteiger partial charge is 0.330 e. The lowest BCUT2D eigenvalue weighted by Gasteiger charge is -2.48. The van der Waals surface area contributed by atoms with Gasteiger partial charge in [-0.3, -0.25) is 0 Å². The molecule has 2 unspecified atom stereocenters. The quantitative estimate of drug-likeness (QED) is 0.533. The lowest BCUT2D eigenvalue weighted by molar-refractivity contribution is -0.153. The third-order valence-corrected chi connectivity index (χ3v) is 3.98. The number of hydrogen-bond donors (Lipinski definition) is 0. The molecule has 1 aliphatic heterocycles. The maximum Gasteiger partial charge on any atom is 0.330 e. The van der Waals surface area contributed by atoms with Crippen LogP contribution in [0.15, 0.2) is 12.2 Å². The summed E-state index contributed by atoms with van der Waals surface area (Å²) in [6, 6.07) is 0. The van der Waals surface area contributed by atoms with Crippen LogP contribution in [0.25, 0.3) is 0 Å². The van der Waals surface area contributed by atoms with Gasteiger partial charge >= 0.3 is 5.97 Å². The minimum atomic E-state index is -0.222. The number of carbonyl (C=O) groups excluding carboxylic acids is 1. The molecule has 0 aliphatic carbocycles. The highest BCUT2D eigenvalue weighted by atomic mass is 16.5. The molecule has 0 bridgehead atoms. The normalized spacial score (nSPS) is 30.6. The van der Waals surface area contributed by atoms with Crippen LogP contribution < -0.4 is 0 Å². The van der Waals surface area contributed by atoms with Crippen molar-refractivity contribution in [3.05, 3.63) is 12.2 Å². The van der Waals surface area contributed by atoms with Crippen LogP contribution in [0, 0.1) is 5.92 Å². The van der Waals surface area contributed by atoms with Gasteiger partial charge in [-0.15, -0.1) is 0 Å². The Kier molecular flexibility index (Phi) is 4.14. The first-order chi connectivity index (χ1) is 7.39. The van der Waals surface area contributed by atoms with Crippen molar-refractivity contribution in [3.8, 4) is 0 Å². The van der Waals surface area contributed by atoms with Gasteiger partial charge in [-0.25, -0.2) is 4.79 Å². The van der Waals surface area contributed by atoms with Gasteiger partial charge in [0.2, 0.25) is 0 Å². The van der Waals surface area contributed by atoms with Crippen molar-refractivity contribution in [2.45, 2.75) is 45.8 Å². The Bertz CT molecular complexity index is 284. The van der Waals surface area contributed by atoms with Crippen LogP contribution in [0.4, 0.5) is 0 Å². The minimum absolute atomic E-state index is 0.0369. The highest BCUT2D eigenvalue weighted by Crippen LogP contribution is 2.33. The van der Waals surface area contributed by atoms with Gasteiger partial charge in [0, 0.05) is 24.1 Å². The van der Waals surface area contributed by atoms with E-state index in [0.29, 0.717) is 5.92 Å². The van der Waals surface area contributed by atoms with Gasteiger partial charge < -0.3 is 9.64 Å². The van der Waals surface area contributed by atoms with Gasteiger partial charge in [-0.1, -0.05) is 13.0 Å². The summed E-state index contributed by atoms with van der Waals surface area (Å²) in [5.74, 6) is 0.125. The number of allylic oxidation sites excluding steroid dienone is 1. The second-order valence-corrected chi connectivity index (χ2v) is 5.13. The number of ether oxygens (including phenoxy) is 1. The standard InChI is InChI=1S/C13H23NO2/c1-6-7-12(15)16-11-8-9-14(5)13(3,4)10(11)2/h6-7,10-11H,8-9H2,1-5H3/b7-6+. The highest BCUT2D eigenvalue weighted by molar-refractivity contribution is 5.81. The monoisotopic (exact) mass is 225 g/mol. The van der Waals surface area contributed by atoms with Crippen LogP contribution in [0.2, 0.25) is 0 Å². The first kappa shape index (κ1) is 13.2. The molecule has 3 heteroatoms. The zero-order chi connectivity index (χ0) is 12.3. The topological polar surface area (TPSA) is 29.5 Å². The lowest BCUT2D eigenvalue weighted by atomic mass is 9.79. The van der Waals surface area contributed by atoms with Gasteiger partial charge in [0.05, 0.1) is 0 Å². The van der Waals surface area contributed by atoms with E-state index in [0.717, 1.165) is 13.0 Å². The number of piperidine rings is 1. The van der Waals surface area contributed by atoms with Gasteiger partial charge in [-0.2, -0.15) is 0 Å². The summed E-state index contributed by atoms with van der Waals surface area (Å²) in [5, 5.41) is 0. The molecule has 1 fully saturated rings. The number of carbonyl (C=O) groups is 1. The summed E-state index contributed by atoms with van der Waals surface area (Å²) in [7, 11) is 2.13. The predicted octanol–water partition coefficient (Wildman–Crippen LogP) is 2.22. The van der Waals surface area contributed by atoms with Crippen molar-refractivity contribution in [2.75, 3.05) is 13.6 Å². The van der Waals surface area contributed by atoms with Crippen LogP contribution >= 0.6 is 0 Å². The van der Waals surface area contributed by atoms with Crippen molar-refractivity contribution in [1.29, 1.82) is 0 Å². The Balaban J connectivity index is 2.66. The van der Waals surface area contributed by atoms with Crippen LogP contribution in [-0.4, -0.2) is 36.1 Å². The van der Waals surface area contributed by atoms with Crippen molar-refractivity contribution >= 4 is 5.97 Å². The van der Waals surface area contributed by atoms with E-state index in [1.165, 1.54) is 6.08 Å². The average Bonchev–Trinajstić information content (AvgIpc) is 2.20. The lowest BCUT2D eigenvalue weighted by Crippen LogP contribution is -2.56. The molecule has 1 saturated heterocycles. The Hall–Kier alpha value is -0.830. The Labute approximate surface area is 98.5 Å². The number of likely N-dealkylation sites (tertiary alicyclic amines) is 1. The van der Waals surface area contributed by atoms with E-state index in [-0.39, 0.29) is 17.6 Å². The fraction of sp³-hybridized carbons (Fsp3) is 0.769. The number of esters is 1. The zero-order valence-corrected chi connectivity index (χ0v) is 11.0. The highest BCUT2D eigenvalue weighted by Gasteiger charge is 2.41. The van der Waals surface area contributed by atoms with E-state index in [1.54, 1.807) is 6.08 Å². The molecule has 0 aromatic carbocycles. The van der Waals surface area contributed by atoms with Crippen LogP contribution in [0.5, 0.6) is 0 Å². The number of nitrogens with zero attached hydrogens (tertiary/aromatic N) is 1. The molecule has 0 N–H and O–H groups in total. The summed E-state index contributed by atoms with van der Waals surface area (Å²) in [4.78, 5) is 13.8. The SMILES string of the molecule is C/C=C/C(=O)OC1CCN(C)C(C)(C)C1C. The average molecular weight is 225 g/mol. The Morgan fingerprint density at radius 1 is 1.50 bits per heavy atom. The fourth-order valence-electron chi connectivity index (χ4n) is 2.15. The zero-order valence-electron chi connectivity index (χ0n) is 11.0. The van der Waals surface area contributed by atoms with E-state index >= 15 is 0 Å². The van der Waals surface area contributed by atoms with Crippen molar-refractivity contribution in [1.82, 2.24) is 4.90 Å². The largest absolute Gasteiger partial charge is 0.459 e. The molecule has 0 saturated carbocycles. The summed E-state index contributed by atoms with van der Waals surface area (Å²) < 4.78 is 5.48. The van der Waals surface area contributed by atoms with Gasteiger partial charge in [-0.05, 0) is 34.2 Å². The van der Waals surface area contributed by atoms with Crippen molar-refractivity contribution in [2.24, 2.45) is 5.92 Å². The molecule has 0 radical (unpaired) electrons. The third kappa shape index (κ3) is 2.64. The first-order valence-electron chi connectivity index (χ1n) is 5.94. The van der Waals surface area contributed by atoms with Gasteiger partial charge in [0.25, 0.3) is 0 Å². The summed E-state index contributed by atoms with van der Waals surface area (Å²) >= 11 is 0. The summed E-state index contributed by atoms with van der Waals surface area (Å²) in [6.45, 7) is 9.36. The van der Waals surface area contributed by atoms with Crippen molar-refractivity contribution in [3.63, 3.8) is 0 Å².